The van der Waals surface area contributed by atoms with Gasteiger partial charge in [0.1, 0.15) is 5.75 Å². The third-order valence-electron chi connectivity index (χ3n) is 6.14. The van der Waals surface area contributed by atoms with Crippen LogP contribution in [0.25, 0.3) is 0 Å². The number of amides is 2. The summed E-state index contributed by atoms with van der Waals surface area (Å²) >= 11 is 5.98. The molecule has 0 unspecified atom stereocenters. The summed E-state index contributed by atoms with van der Waals surface area (Å²) in [6.45, 7) is 3.97. The largest absolute Gasteiger partial charge is 0.497 e. The van der Waals surface area contributed by atoms with Gasteiger partial charge in [-0.2, -0.15) is 0 Å². The van der Waals surface area contributed by atoms with E-state index < -0.39 is 0 Å². The monoisotopic (exact) mass is 441 g/mol. The molecule has 1 atom stereocenters. The van der Waals surface area contributed by atoms with Crippen molar-refractivity contribution in [2.75, 3.05) is 44.7 Å². The van der Waals surface area contributed by atoms with E-state index in [0.717, 1.165) is 35.1 Å². The first-order chi connectivity index (χ1) is 15.0. The number of hydrogen-bond donors (Lipinski definition) is 0. The van der Waals surface area contributed by atoms with Crippen molar-refractivity contribution in [3.63, 3.8) is 0 Å². The summed E-state index contributed by atoms with van der Waals surface area (Å²) in [5, 5.41) is 0.725. The molecule has 0 aromatic heterocycles. The summed E-state index contributed by atoms with van der Waals surface area (Å²) < 4.78 is 5.28. The van der Waals surface area contributed by atoms with Crippen LogP contribution < -0.4 is 9.64 Å². The molecule has 2 aliphatic heterocycles. The molecule has 2 saturated heterocycles. The smallest absolute Gasteiger partial charge is 0.227 e. The zero-order chi connectivity index (χ0) is 21.8. The Bertz CT molecular complexity index is 926. The minimum absolute atomic E-state index is 0.111. The highest BCUT2D eigenvalue weighted by Crippen LogP contribution is 2.25. The van der Waals surface area contributed by atoms with Gasteiger partial charge >= 0.3 is 0 Å². The first kappa shape index (κ1) is 21.5. The quantitative estimate of drug-likeness (QED) is 0.713. The maximum atomic E-state index is 13.2. The molecule has 2 aliphatic rings. The first-order valence-corrected chi connectivity index (χ1v) is 11.1. The number of benzene rings is 2. The number of piperazine rings is 1. The zero-order valence-electron chi connectivity index (χ0n) is 17.8. The van der Waals surface area contributed by atoms with E-state index in [1.54, 1.807) is 7.11 Å². The Labute approximate surface area is 188 Å². The van der Waals surface area contributed by atoms with E-state index in [2.05, 4.69) is 4.90 Å². The van der Waals surface area contributed by atoms with Crippen molar-refractivity contribution in [2.45, 2.75) is 19.4 Å². The Morgan fingerprint density at radius 1 is 1.10 bits per heavy atom. The molecule has 0 spiro atoms. The van der Waals surface area contributed by atoms with Gasteiger partial charge < -0.3 is 19.4 Å². The molecule has 164 valence electrons. The molecule has 0 radical (unpaired) electrons. The number of carbonyl (C=O) groups is 2. The third-order valence-corrected chi connectivity index (χ3v) is 6.39. The average Bonchev–Trinajstić information content (AvgIpc) is 2.81. The lowest BCUT2D eigenvalue weighted by atomic mass is 9.95. The fraction of sp³-hybridized carbons (Fsp3) is 0.417. The van der Waals surface area contributed by atoms with Gasteiger partial charge in [-0.1, -0.05) is 23.7 Å². The number of carbonyl (C=O) groups excluding carboxylic acids is 2. The maximum absolute atomic E-state index is 13.2. The van der Waals surface area contributed by atoms with Gasteiger partial charge in [0.25, 0.3) is 0 Å². The van der Waals surface area contributed by atoms with E-state index >= 15 is 0 Å². The van der Waals surface area contributed by atoms with Crippen LogP contribution in [0.4, 0.5) is 5.69 Å². The van der Waals surface area contributed by atoms with Crippen molar-refractivity contribution >= 4 is 29.1 Å². The maximum Gasteiger partial charge on any atom is 0.227 e. The lowest BCUT2D eigenvalue weighted by molar-refractivity contribution is -0.143. The van der Waals surface area contributed by atoms with Crippen LogP contribution in [0.3, 0.4) is 0 Å². The predicted molar refractivity (Wildman–Crippen MR) is 121 cm³/mol. The molecule has 7 heteroatoms. The Morgan fingerprint density at radius 3 is 2.55 bits per heavy atom. The van der Waals surface area contributed by atoms with Gasteiger partial charge in [0, 0.05) is 56.4 Å². The normalized spacial score (nSPS) is 19.5. The zero-order valence-corrected chi connectivity index (χ0v) is 18.6. The predicted octanol–water partition coefficient (Wildman–Crippen LogP) is 3.44. The van der Waals surface area contributed by atoms with Crippen LogP contribution in [0.15, 0.2) is 48.5 Å². The highest BCUT2D eigenvalue weighted by atomic mass is 35.5. The lowest BCUT2D eigenvalue weighted by Gasteiger charge is -2.39. The summed E-state index contributed by atoms with van der Waals surface area (Å²) in [6.07, 6.45) is 1.05. The number of hydrogen-bond acceptors (Lipinski definition) is 4. The Balaban J connectivity index is 1.34. The van der Waals surface area contributed by atoms with Crippen molar-refractivity contribution in [1.29, 1.82) is 0 Å². The molecular formula is C24H28ClN3O3. The molecular weight excluding hydrogens is 414 g/mol. The van der Waals surface area contributed by atoms with E-state index in [-0.39, 0.29) is 17.7 Å². The topological polar surface area (TPSA) is 53.1 Å². The van der Waals surface area contributed by atoms with Crippen LogP contribution in [-0.2, 0) is 16.1 Å². The number of nitrogens with zero attached hydrogens (tertiary/aromatic N) is 3. The van der Waals surface area contributed by atoms with Crippen molar-refractivity contribution in [3.8, 4) is 5.75 Å². The van der Waals surface area contributed by atoms with Crippen molar-refractivity contribution in [3.05, 3.63) is 59.1 Å². The second-order valence-electron chi connectivity index (χ2n) is 8.15. The first-order valence-electron chi connectivity index (χ1n) is 10.7. The molecule has 0 bridgehead atoms. The van der Waals surface area contributed by atoms with Gasteiger partial charge in [-0.15, -0.1) is 0 Å². The minimum Gasteiger partial charge on any atom is -0.497 e. The molecule has 0 N–H and O–H groups in total. The fourth-order valence-electron chi connectivity index (χ4n) is 4.36. The molecule has 2 aromatic rings. The highest BCUT2D eigenvalue weighted by Gasteiger charge is 2.34. The lowest BCUT2D eigenvalue weighted by Crippen LogP contribution is -2.53. The van der Waals surface area contributed by atoms with Crippen LogP contribution in [-0.4, -0.2) is 61.4 Å². The van der Waals surface area contributed by atoms with E-state index in [4.69, 9.17) is 16.3 Å². The standard InChI is InChI=1S/C24H28ClN3O3/c1-31-22-4-2-3-18(15-22)16-28-17-19(5-10-23(28)29)24(30)27-13-11-26(12-14-27)21-8-6-20(25)7-9-21/h2-4,6-9,15,19H,5,10-14,16-17H2,1H3/t19-/m0/s1. The molecule has 0 aliphatic carbocycles. The van der Waals surface area contributed by atoms with Crippen LogP contribution in [0, 0.1) is 5.92 Å². The molecule has 2 aromatic carbocycles. The van der Waals surface area contributed by atoms with E-state index in [1.807, 2.05) is 58.3 Å². The van der Waals surface area contributed by atoms with Crippen LogP contribution in [0.2, 0.25) is 5.02 Å². The van der Waals surface area contributed by atoms with Gasteiger partial charge in [0.2, 0.25) is 11.8 Å². The Hall–Kier alpha value is -2.73. The van der Waals surface area contributed by atoms with Gasteiger partial charge in [-0.05, 0) is 48.4 Å². The molecule has 4 rings (SSSR count). The van der Waals surface area contributed by atoms with Crippen LogP contribution in [0.5, 0.6) is 5.75 Å². The summed E-state index contributed by atoms with van der Waals surface area (Å²) in [4.78, 5) is 31.7. The van der Waals surface area contributed by atoms with Crippen LogP contribution >= 0.6 is 11.6 Å². The number of rotatable bonds is 5. The van der Waals surface area contributed by atoms with Gasteiger partial charge in [-0.25, -0.2) is 0 Å². The van der Waals surface area contributed by atoms with Gasteiger partial charge in [0.05, 0.1) is 13.0 Å². The Kier molecular flexibility index (Phi) is 6.66. The molecule has 31 heavy (non-hydrogen) atoms. The number of piperidine rings is 1. The number of halogens is 1. The van der Waals surface area contributed by atoms with Crippen molar-refractivity contribution in [1.82, 2.24) is 9.80 Å². The van der Waals surface area contributed by atoms with Crippen molar-refractivity contribution < 1.29 is 14.3 Å². The number of ether oxygens (including phenoxy) is 1. The molecule has 0 saturated carbocycles. The summed E-state index contributed by atoms with van der Waals surface area (Å²) in [6, 6.07) is 15.6. The van der Waals surface area contributed by atoms with Gasteiger partial charge in [0.15, 0.2) is 0 Å². The second kappa shape index (κ2) is 9.60. The van der Waals surface area contributed by atoms with Gasteiger partial charge in [-0.3, -0.25) is 9.59 Å². The van der Waals surface area contributed by atoms with Crippen molar-refractivity contribution in [2.24, 2.45) is 5.92 Å². The summed E-state index contributed by atoms with van der Waals surface area (Å²) in [5.74, 6) is 0.914. The minimum atomic E-state index is -0.134. The fourth-order valence-corrected chi connectivity index (χ4v) is 4.48. The molecule has 2 fully saturated rings. The number of likely N-dealkylation sites (tertiary alicyclic amines) is 1. The number of methoxy groups -OCH3 is 1. The summed E-state index contributed by atoms with van der Waals surface area (Å²) in [5.41, 5.74) is 2.14. The third kappa shape index (κ3) is 5.13. The highest BCUT2D eigenvalue weighted by molar-refractivity contribution is 6.30. The van der Waals surface area contributed by atoms with E-state index in [0.29, 0.717) is 39.0 Å². The van der Waals surface area contributed by atoms with E-state index in [9.17, 15) is 9.59 Å². The molecule has 2 amide bonds. The van der Waals surface area contributed by atoms with E-state index in [1.165, 1.54) is 0 Å². The average molecular weight is 442 g/mol. The molecule has 2 heterocycles. The number of anilines is 1. The molecule has 6 nitrogen and oxygen atoms in total. The van der Waals surface area contributed by atoms with Crippen LogP contribution in [0.1, 0.15) is 18.4 Å². The Morgan fingerprint density at radius 2 is 1.84 bits per heavy atom. The second-order valence-corrected chi connectivity index (χ2v) is 8.59. The SMILES string of the molecule is COc1cccc(CN2C[C@@H](C(=O)N3CCN(c4ccc(Cl)cc4)CC3)CCC2=O)c1. The summed E-state index contributed by atoms with van der Waals surface area (Å²) in [7, 11) is 1.63.